The highest BCUT2D eigenvalue weighted by molar-refractivity contribution is 7.13. The minimum atomic E-state index is -0.601. The van der Waals surface area contributed by atoms with E-state index < -0.39 is 6.04 Å². The predicted molar refractivity (Wildman–Crippen MR) is 109 cm³/mol. The second-order valence-corrected chi connectivity index (χ2v) is 8.32. The van der Waals surface area contributed by atoms with E-state index in [1.54, 1.807) is 27.1 Å². The SMILES string of the molecule is Cc1noc2nc(-c3cccs3)cc(C(=O)N[C@@H](CC(C)C)C(=O)N(C)C)c12. The summed E-state index contributed by atoms with van der Waals surface area (Å²) in [6.45, 7) is 5.81. The molecule has 3 rings (SSSR count). The van der Waals surface area contributed by atoms with Gasteiger partial charge in [0, 0.05) is 14.1 Å². The monoisotopic (exact) mass is 400 g/mol. The van der Waals surface area contributed by atoms with Crippen molar-refractivity contribution in [2.45, 2.75) is 33.2 Å². The van der Waals surface area contributed by atoms with Gasteiger partial charge in [-0.2, -0.15) is 0 Å². The zero-order valence-corrected chi connectivity index (χ0v) is 17.5. The molecule has 0 saturated heterocycles. The van der Waals surface area contributed by atoms with Gasteiger partial charge in [-0.15, -0.1) is 11.3 Å². The molecule has 7 nitrogen and oxygen atoms in total. The van der Waals surface area contributed by atoms with Gasteiger partial charge in [0.1, 0.15) is 6.04 Å². The van der Waals surface area contributed by atoms with Crippen molar-refractivity contribution in [3.8, 4) is 10.6 Å². The third kappa shape index (κ3) is 4.06. The molecule has 0 aromatic carbocycles. The number of carbonyl (C=O) groups excluding carboxylic acids is 2. The Balaban J connectivity index is 2.02. The first kappa shape index (κ1) is 20.0. The maximum atomic E-state index is 13.2. The summed E-state index contributed by atoms with van der Waals surface area (Å²) in [4.78, 5) is 32.6. The number of carbonyl (C=O) groups is 2. The number of amides is 2. The molecule has 0 spiro atoms. The zero-order valence-electron chi connectivity index (χ0n) is 16.6. The van der Waals surface area contributed by atoms with E-state index in [0.717, 1.165) is 4.88 Å². The molecule has 0 aliphatic rings. The van der Waals surface area contributed by atoms with Crippen molar-refractivity contribution in [2.24, 2.45) is 5.92 Å². The Morgan fingerprint density at radius 2 is 2.07 bits per heavy atom. The Bertz CT molecular complexity index is 992. The van der Waals surface area contributed by atoms with Crippen LogP contribution in [0, 0.1) is 12.8 Å². The number of nitrogens with zero attached hydrogens (tertiary/aromatic N) is 3. The molecule has 0 saturated carbocycles. The number of likely N-dealkylation sites (N-methyl/N-ethyl adjacent to an activating group) is 1. The van der Waals surface area contributed by atoms with Gasteiger partial charge >= 0.3 is 0 Å². The number of pyridine rings is 1. The topological polar surface area (TPSA) is 88.3 Å². The summed E-state index contributed by atoms with van der Waals surface area (Å²) in [5.74, 6) is -0.212. The molecule has 3 aromatic heterocycles. The zero-order chi connectivity index (χ0) is 20.4. The number of aromatic nitrogens is 2. The van der Waals surface area contributed by atoms with E-state index in [9.17, 15) is 9.59 Å². The van der Waals surface area contributed by atoms with Crippen LogP contribution in [0.1, 0.15) is 36.3 Å². The second-order valence-electron chi connectivity index (χ2n) is 7.37. The first-order chi connectivity index (χ1) is 13.3. The van der Waals surface area contributed by atoms with Gasteiger partial charge in [-0.1, -0.05) is 25.1 Å². The van der Waals surface area contributed by atoms with Crippen molar-refractivity contribution in [1.29, 1.82) is 0 Å². The van der Waals surface area contributed by atoms with Gasteiger partial charge < -0.3 is 14.7 Å². The van der Waals surface area contributed by atoms with Crippen LogP contribution in [-0.4, -0.2) is 47.0 Å². The highest BCUT2D eigenvalue weighted by Gasteiger charge is 2.26. The van der Waals surface area contributed by atoms with Crippen molar-refractivity contribution in [3.63, 3.8) is 0 Å². The molecule has 2 amide bonds. The van der Waals surface area contributed by atoms with Gasteiger partial charge in [-0.3, -0.25) is 9.59 Å². The third-order valence-corrected chi connectivity index (χ3v) is 5.28. The molecule has 0 bridgehead atoms. The largest absolute Gasteiger partial charge is 0.347 e. The maximum absolute atomic E-state index is 13.2. The standard InChI is InChI=1S/C20H24N4O3S/c1-11(2)9-15(20(26)24(4)5)21-18(25)13-10-14(16-7-6-8-28-16)22-19-17(13)12(3)23-27-19/h6-8,10-11,15H,9H2,1-5H3,(H,21,25)/t15-/m0/s1. The molecule has 0 aliphatic carbocycles. The average molecular weight is 401 g/mol. The van der Waals surface area contributed by atoms with Crippen LogP contribution in [-0.2, 0) is 4.79 Å². The van der Waals surface area contributed by atoms with Crippen LogP contribution in [0.2, 0.25) is 0 Å². The van der Waals surface area contributed by atoms with Crippen LogP contribution in [0.5, 0.6) is 0 Å². The van der Waals surface area contributed by atoms with Gasteiger partial charge in [0.15, 0.2) is 0 Å². The molecule has 1 N–H and O–H groups in total. The van der Waals surface area contributed by atoms with Crippen molar-refractivity contribution >= 4 is 34.3 Å². The molecule has 8 heteroatoms. The summed E-state index contributed by atoms with van der Waals surface area (Å²) in [5, 5.41) is 9.38. The molecule has 1 atom stereocenters. The third-order valence-electron chi connectivity index (χ3n) is 4.39. The summed E-state index contributed by atoms with van der Waals surface area (Å²) in [5.41, 5.74) is 1.95. The molecule has 28 heavy (non-hydrogen) atoms. The van der Waals surface area contributed by atoms with E-state index in [1.807, 2.05) is 31.4 Å². The van der Waals surface area contributed by atoms with Crippen LogP contribution in [0.4, 0.5) is 0 Å². The first-order valence-electron chi connectivity index (χ1n) is 9.10. The van der Waals surface area contributed by atoms with E-state index in [4.69, 9.17) is 4.52 Å². The molecule has 0 fully saturated rings. The van der Waals surface area contributed by atoms with Gasteiger partial charge in [0.05, 0.1) is 27.2 Å². The predicted octanol–water partition coefficient (Wildman–Crippen LogP) is 3.49. The molecular formula is C20H24N4O3S. The number of aryl methyl sites for hydroxylation is 1. The smallest absolute Gasteiger partial charge is 0.259 e. The number of rotatable bonds is 6. The Kier molecular flexibility index (Phi) is 5.79. The van der Waals surface area contributed by atoms with Crippen LogP contribution in [0.15, 0.2) is 28.1 Å². The van der Waals surface area contributed by atoms with E-state index in [1.165, 1.54) is 16.2 Å². The summed E-state index contributed by atoms with van der Waals surface area (Å²) in [6, 6.07) is 4.99. The normalized spacial score (nSPS) is 12.4. The second kappa shape index (κ2) is 8.10. The fourth-order valence-electron chi connectivity index (χ4n) is 3.06. The molecule has 0 aliphatic heterocycles. The fourth-order valence-corrected chi connectivity index (χ4v) is 3.75. The number of thiophene rings is 1. The number of nitrogens with one attached hydrogen (secondary N) is 1. The minimum Gasteiger partial charge on any atom is -0.347 e. The molecule has 148 valence electrons. The molecule has 0 radical (unpaired) electrons. The van der Waals surface area contributed by atoms with Gasteiger partial charge in [-0.05, 0) is 36.8 Å². The Hall–Kier alpha value is -2.74. The lowest BCUT2D eigenvalue weighted by molar-refractivity contribution is -0.131. The molecular weight excluding hydrogens is 376 g/mol. The average Bonchev–Trinajstić information content (AvgIpc) is 3.29. The van der Waals surface area contributed by atoms with E-state index in [2.05, 4.69) is 15.5 Å². The van der Waals surface area contributed by atoms with Crippen molar-refractivity contribution in [3.05, 3.63) is 34.8 Å². The quantitative estimate of drug-likeness (QED) is 0.684. The van der Waals surface area contributed by atoms with Gasteiger partial charge in [0.25, 0.3) is 11.6 Å². The lowest BCUT2D eigenvalue weighted by Crippen LogP contribution is -2.47. The number of hydrogen-bond donors (Lipinski definition) is 1. The fraction of sp³-hybridized carbons (Fsp3) is 0.400. The maximum Gasteiger partial charge on any atom is 0.259 e. The van der Waals surface area contributed by atoms with Crippen LogP contribution in [0.3, 0.4) is 0 Å². The van der Waals surface area contributed by atoms with Crippen LogP contribution < -0.4 is 5.32 Å². The van der Waals surface area contributed by atoms with Crippen molar-refractivity contribution in [2.75, 3.05) is 14.1 Å². The number of fused-ring (bicyclic) bond motifs is 1. The Labute approximate surface area is 167 Å². The molecule has 3 heterocycles. The van der Waals surface area contributed by atoms with E-state index in [-0.39, 0.29) is 17.7 Å². The Morgan fingerprint density at radius 3 is 2.68 bits per heavy atom. The van der Waals surface area contributed by atoms with Crippen molar-refractivity contribution < 1.29 is 14.1 Å². The summed E-state index contributed by atoms with van der Waals surface area (Å²) in [7, 11) is 3.37. The van der Waals surface area contributed by atoms with Crippen LogP contribution >= 0.6 is 11.3 Å². The van der Waals surface area contributed by atoms with Crippen molar-refractivity contribution in [1.82, 2.24) is 20.4 Å². The first-order valence-corrected chi connectivity index (χ1v) is 9.98. The van der Waals surface area contributed by atoms with Gasteiger partial charge in [0.2, 0.25) is 5.91 Å². The molecule has 0 unspecified atom stereocenters. The lowest BCUT2D eigenvalue weighted by Gasteiger charge is -2.23. The van der Waals surface area contributed by atoms with E-state index >= 15 is 0 Å². The highest BCUT2D eigenvalue weighted by atomic mass is 32.1. The summed E-state index contributed by atoms with van der Waals surface area (Å²) < 4.78 is 5.32. The summed E-state index contributed by atoms with van der Waals surface area (Å²) >= 11 is 1.53. The van der Waals surface area contributed by atoms with Gasteiger partial charge in [-0.25, -0.2) is 4.98 Å². The lowest BCUT2D eigenvalue weighted by atomic mass is 10.0. The van der Waals surface area contributed by atoms with Crippen LogP contribution in [0.25, 0.3) is 21.7 Å². The highest BCUT2D eigenvalue weighted by Crippen LogP contribution is 2.29. The minimum absolute atomic E-state index is 0.132. The van der Waals surface area contributed by atoms with E-state index in [0.29, 0.717) is 34.5 Å². The Morgan fingerprint density at radius 1 is 1.32 bits per heavy atom. The summed E-state index contributed by atoms with van der Waals surface area (Å²) in [6.07, 6.45) is 0.553. The number of hydrogen-bond acceptors (Lipinski definition) is 6. The molecule has 3 aromatic rings.